The SMILES string of the molecule is CC1(C)S[C@@H]2C(NC(=O)C(Oc3ccccc3)c3ccccc3)C(=O)N2[C@H]1C(=O)O. The molecular weight excluding hydrogens is 404 g/mol. The molecule has 0 radical (unpaired) electrons. The largest absolute Gasteiger partial charge is 0.480 e. The van der Waals surface area contributed by atoms with Gasteiger partial charge in [0.15, 0.2) is 0 Å². The molecule has 2 aliphatic rings. The molecule has 8 heteroatoms. The quantitative estimate of drug-likeness (QED) is 0.689. The minimum absolute atomic E-state index is 0.384. The Morgan fingerprint density at radius 1 is 1.10 bits per heavy atom. The maximum Gasteiger partial charge on any atom is 0.327 e. The molecule has 2 N–H and O–H groups in total. The number of amides is 2. The summed E-state index contributed by atoms with van der Waals surface area (Å²) in [5, 5.41) is 11.9. The molecule has 7 nitrogen and oxygen atoms in total. The molecular formula is C22H22N2O5S. The van der Waals surface area contributed by atoms with Gasteiger partial charge in [-0.05, 0) is 26.0 Å². The van der Waals surface area contributed by atoms with Crippen molar-refractivity contribution in [1.82, 2.24) is 10.2 Å². The highest BCUT2D eigenvalue weighted by molar-refractivity contribution is 8.01. The fraction of sp³-hybridized carbons (Fsp3) is 0.318. The summed E-state index contributed by atoms with van der Waals surface area (Å²) in [4.78, 5) is 38.8. The van der Waals surface area contributed by atoms with Crippen molar-refractivity contribution in [3.8, 4) is 5.75 Å². The lowest BCUT2D eigenvalue weighted by Gasteiger charge is -2.43. The number of para-hydroxylation sites is 1. The molecule has 2 saturated heterocycles. The van der Waals surface area contributed by atoms with Gasteiger partial charge in [-0.15, -0.1) is 11.8 Å². The summed E-state index contributed by atoms with van der Waals surface area (Å²) in [6.07, 6.45) is -0.940. The Kier molecular flexibility index (Phi) is 5.19. The molecule has 0 bridgehead atoms. The van der Waals surface area contributed by atoms with E-state index in [9.17, 15) is 19.5 Å². The van der Waals surface area contributed by atoms with Crippen molar-refractivity contribution in [3.63, 3.8) is 0 Å². The number of carbonyl (C=O) groups excluding carboxylic acids is 2. The second-order valence-electron chi connectivity index (χ2n) is 7.81. The van der Waals surface area contributed by atoms with Gasteiger partial charge in [-0.3, -0.25) is 9.59 Å². The molecule has 4 atom stereocenters. The normalized spacial score (nSPS) is 25.1. The Bertz CT molecular complexity index is 966. The van der Waals surface area contributed by atoms with Gasteiger partial charge in [-0.1, -0.05) is 48.5 Å². The highest BCUT2D eigenvalue weighted by Crippen LogP contribution is 2.50. The Labute approximate surface area is 178 Å². The van der Waals surface area contributed by atoms with E-state index in [1.165, 1.54) is 16.7 Å². The van der Waals surface area contributed by atoms with Crippen molar-refractivity contribution < 1.29 is 24.2 Å². The van der Waals surface area contributed by atoms with Crippen LogP contribution in [0.3, 0.4) is 0 Å². The van der Waals surface area contributed by atoms with E-state index >= 15 is 0 Å². The number of hydrogen-bond acceptors (Lipinski definition) is 5. The van der Waals surface area contributed by atoms with Crippen LogP contribution in [0.25, 0.3) is 0 Å². The van der Waals surface area contributed by atoms with Crippen molar-refractivity contribution in [3.05, 3.63) is 66.2 Å². The van der Waals surface area contributed by atoms with Gasteiger partial charge in [-0.25, -0.2) is 4.79 Å². The molecule has 2 amide bonds. The standard InChI is InChI=1S/C22H22N2O5S/c1-22(2)17(21(27)28)24-19(26)15(20(24)30-22)23-18(25)16(13-9-5-3-6-10-13)29-14-11-7-4-8-12-14/h3-12,15-17,20H,1-2H3,(H,23,25)(H,27,28)/t15?,16?,17-,20+/m0/s1. The topological polar surface area (TPSA) is 95.9 Å². The number of carboxylic acids is 1. The van der Waals surface area contributed by atoms with E-state index in [0.717, 1.165) is 0 Å². The van der Waals surface area contributed by atoms with Gasteiger partial charge in [0.2, 0.25) is 12.0 Å². The van der Waals surface area contributed by atoms with Crippen LogP contribution >= 0.6 is 11.8 Å². The van der Waals surface area contributed by atoms with Crippen LogP contribution in [-0.2, 0) is 14.4 Å². The van der Waals surface area contributed by atoms with Crippen molar-refractivity contribution in [1.29, 1.82) is 0 Å². The summed E-state index contributed by atoms with van der Waals surface area (Å²) in [5.41, 5.74) is 0.658. The predicted molar refractivity (Wildman–Crippen MR) is 112 cm³/mol. The maximum atomic E-state index is 13.1. The van der Waals surface area contributed by atoms with Crippen LogP contribution < -0.4 is 10.1 Å². The van der Waals surface area contributed by atoms with Crippen LogP contribution in [0.4, 0.5) is 0 Å². The third kappa shape index (κ3) is 3.52. The van der Waals surface area contributed by atoms with Gasteiger partial charge in [0.25, 0.3) is 5.91 Å². The summed E-state index contributed by atoms with van der Waals surface area (Å²) >= 11 is 1.39. The second kappa shape index (κ2) is 7.68. The molecule has 2 aromatic carbocycles. The van der Waals surface area contributed by atoms with E-state index in [-0.39, 0.29) is 5.91 Å². The Morgan fingerprint density at radius 2 is 1.70 bits per heavy atom. The molecule has 0 aliphatic carbocycles. The van der Waals surface area contributed by atoms with Crippen molar-refractivity contribution in [2.24, 2.45) is 0 Å². The highest BCUT2D eigenvalue weighted by atomic mass is 32.2. The van der Waals surface area contributed by atoms with Crippen LogP contribution in [0.1, 0.15) is 25.5 Å². The van der Waals surface area contributed by atoms with Gasteiger partial charge in [0, 0.05) is 10.3 Å². The summed E-state index contributed by atoms with van der Waals surface area (Å²) in [5.74, 6) is -1.33. The van der Waals surface area contributed by atoms with Crippen LogP contribution in [0.15, 0.2) is 60.7 Å². The number of carbonyl (C=O) groups is 3. The molecule has 2 fully saturated rings. The van der Waals surface area contributed by atoms with Crippen LogP contribution in [0, 0.1) is 0 Å². The molecule has 0 saturated carbocycles. The summed E-state index contributed by atoms with van der Waals surface area (Å²) in [6.45, 7) is 3.60. The summed E-state index contributed by atoms with van der Waals surface area (Å²) in [7, 11) is 0. The number of fused-ring (bicyclic) bond motifs is 1. The van der Waals surface area contributed by atoms with Crippen molar-refractivity contribution >= 4 is 29.5 Å². The summed E-state index contributed by atoms with van der Waals surface area (Å²) in [6, 6.07) is 16.3. The van der Waals surface area contributed by atoms with E-state index in [4.69, 9.17) is 4.74 Å². The Morgan fingerprint density at radius 3 is 2.30 bits per heavy atom. The second-order valence-corrected chi connectivity index (χ2v) is 9.58. The first-order chi connectivity index (χ1) is 14.3. The van der Waals surface area contributed by atoms with Crippen LogP contribution in [-0.4, -0.2) is 50.0 Å². The fourth-order valence-electron chi connectivity index (χ4n) is 3.91. The first kappa shape index (κ1) is 20.3. The first-order valence-corrected chi connectivity index (χ1v) is 10.5. The van der Waals surface area contributed by atoms with Gasteiger partial charge in [0.05, 0.1) is 0 Å². The van der Waals surface area contributed by atoms with Gasteiger partial charge < -0.3 is 20.1 Å². The number of aliphatic carboxylic acids is 1. The van der Waals surface area contributed by atoms with Crippen molar-refractivity contribution in [2.45, 2.75) is 42.2 Å². The molecule has 4 rings (SSSR count). The number of nitrogens with one attached hydrogen (secondary N) is 1. The lowest BCUT2D eigenvalue weighted by atomic mass is 9.96. The van der Waals surface area contributed by atoms with Gasteiger partial charge in [-0.2, -0.15) is 0 Å². The number of carboxylic acid groups (broad SMARTS) is 1. The number of ether oxygens (including phenoxy) is 1. The highest BCUT2D eigenvalue weighted by Gasteiger charge is 2.64. The smallest absolute Gasteiger partial charge is 0.327 e. The number of β-lactam (4-membered cyclic amide) rings is 1. The van der Waals surface area contributed by atoms with Crippen LogP contribution in [0.2, 0.25) is 0 Å². The van der Waals surface area contributed by atoms with E-state index in [1.54, 1.807) is 38.1 Å². The number of nitrogens with zero attached hydrogens (tertiary/aromatic N) is 1. The summed E-state index contributed by atoms with van der Waals surface area (Å²) < 4.78 is 5.29. The lowest BCUT2D eigenvalue weighted by Crippen LogP contribution is -2.71. The number of rotatable bonds is 6. The van der Waals surface area contributed by atoms with E-state index < -0.39 is 40.2 Å². The number of thioether (sulfide) groups is 1. The number of hydrogen-bond donors (Lipinski definition) is 2. The Hall–Kier alpha value is -3.00. The zero-order chi connectivity index (χ0) is 21.5. The predicted octanol–water partition coefficient (Wildman–Crippen LogP) is 2.44. The van der Waals surface area contributed by atoms with Gasteiger partial charge >= 0.3 is 5.97 Å². The molecule has 156 valence electrons. The lowest BCUT2D eigenvalue weighted by molar-refractivity contribution is -0.161. The van der Waals surface area contributed by atoms with E-state index in [0.29, 0.717) is 11.3 Å². The minimum Gasteiger partial charge on any atom is -0.480 e. The Balaban J connectivity index is 1.54. The average Bonchev–Trinajstić information content (AvgIpc) is 2.99. The minimum atomic E-state index is -1.04. The monoisotopic (exact) mass is 426 g/mol. The molecule has 0 spiro atoms. The molecule has 2 unspecified atom stereocenters. The third-order valence-corrected chi connectivity index (χ3v) is 6.88. The zero-order valence-corrected chi connectivity index (χ0v) is 17.3. The maximum absolute atomic E-state index is 13.1. The van der Waals surface area contributed by atoms with Crippen molar-refractivity contribution in [2.75, 3.05) is 0 Å². The average molecular weight is 426 g/mol. The first-order valence-electron chi connectivity index (χ1n) is 9.59. The number of benzene rings is 2. The fourth-order valence-corrected chi connectivity index (χ4v) is 5.54. The van der Waals surface area contributed by atoms with E-state index in [1.807, 2.05) is 36.4 Å². The molecule has 2 aromatic rings. The third-order valence-electron chi connectivity index (χ3n) is 5.31. The molecule has 30 heavy (non-hydrogen) atoms. The van der Waals surface area contributed by atoms with Crippen LogP contribution in [0.5, 0.6) is 5.75 Å². The van der Waals surface area contributed by atoms with Gasteiger partial charge in [0.1, 0.15) is 23.2 Å². The van der Waals surface area contributed by atoms with E-state index in [2.05, 4.69) is 5.32 Å². The molecule has 2 heterocycles. The zero-order valence-electron chi connectivity index (χ0n) is 16.5. The molecule has 2 aliphatic heterocycles. The molecule has 0 aromatic heterocycles.